The number of benzene rings is 2. The fraction of sp³-hybridized carbons (Fsp3) is 0.400. The molecule has 0 aliphatic carbocycles. The van der Waals surface area contributed by atoms with Crippen molar-refractivity contribution >= 4 is 16.7 Å². The van der Waals surface area contributed by atoms with Gasteiger partial charge in [-0.3, -0.25) is 9.78 Å². The van der Waals surface area contributed by atoms with Crippen LogP contribution in [0.2, 0.25) is 0 Å². The summed E-state index contributed by atoms with van der Waals surface area (Å²) >= 11 is 0. The first-order valence-corrected chi connectivity index (χ1v) is 11.4. The van der Waals surface area contributed by atoms with Crippen LogP contribution in [-0.4, -0.2) is 15.9 Å². The van der Waals surface area contributed by atoms with Crippen molar-refractivity contribution in [1.82, 2.24) is 4.98 Å². The third kappa shape index (κ3) is 8.18. The monoisotopic (exact) mass is 637 g/mol. The van der Waals surface area contributed by atoms with Gasteiger partial charge in [-0.25, -0.2) is 0 Å². The molecule has 2 aromatic carbocycles. The Balaban J connectivity index is 0.000000364. The molecule has 3 aromatic rings. The second kappa shape index (κ2) is 11.4. The molecule has 0 atom stereocenters. The summed E-state index contributed by atoms with van der Waals surface area (Å²) in [6.45, 7) is 19.5. The van der Waals surface area contributed by atoms with E-state index in [-0.39, 0.29) is 37.1 Å². The zero-order valence-electron chi connectivity index (χ0n) is 22.2. The van der Waals surface area contributed by atoms with E-state index < -0.39 is 5.41 Å². The Hall–Kier alpha value is -2.29. The minimum atomic E-state index is -0.417. The van der Waals surface area contributed by atoms with Crippen molar-refractivity contribution in [2.75, 3.05) is 0 Å². The molecule has 3 nitrogen and oxygen atoms in total. The Kier molecular flexibility index (Phi) is 9.99. The molecule has 0 unspecified atom stereocenters. The first-order chi connectivity index (χ1) is 15.1. The molecule has 0 saturated carbocycles. The second-order valence-corrected chi connectivity index (χ2v) is 11.0. The number of nitrogens with zero attached hydrogens (tertiary/aromatic N) is 1. The van der Waals surface area contributed by atoms with Gasteiger partial charge in [0.05, 0.1) is 5.52 Å². The van der Waals surface area contributed by atoms with Crippen LogP contribution in [0, 0.1) is 44.6 Å². The molecule has 3 rings (SSSR count). The number of carbonyl (C=O) groups excluding carboxylic acids is 1. The number of allylic oxidation sites excluding steroid dienone is 2. The summed E-state index contributed by atoms with van der Waals surface area (Å²) in [6.07, 6.45) is 1.33. The molecule has 0 amide bonds. The van der Waals surface area contributed by atoms with E-state index in [0.717, 1.165) is 22.3 Å². The average Bonchev–Trinajstić information content (AvgIpc) is 2.66. The van der Waals surface area contributed by atoms with E-state index in [2.05, 4.69) is 70.2 Å². The number of hydrogen-bond donors (Lipinski definition) is 1. The zero-order valence-corrected chi connectivity index (χ0v) is 24.6. The molecule has 185 valence electrons. The minimum Gasteiger partial charge on any atom is -0.512 e. The van der Waals surface area contributed by atoms with Crippen molar-refractivity contribution in [2.45, 2.75) is 69.2 Å². The maximum absolute atomic E-state index is 11.5. The normalized spacial score (nSPS) is 12.0. The van der Waals surface area contributed by atoms with Gasteiger partial charge in [-0.2, -0.15) is 0 Å². The van der Waals surface area contributed by atoms with Crippen LogP contribution in [0.25, 0.3) is 22.2 Å². The Morgan fingerprint density at radius 3 is 2.03 bits per heavy atom. The largest absolute Gasteiger partial charge is 0.512 e. The van der Waals surface area contributed by atoms with Crippen molar-refractivity contribution in [2.24, 2.45) is 10.8 Å². The van der Waals surface area contributed by atoms with Crippen LogP contribution in [-0.2, 0) is 24.9 Å². The van der Waals surface area contributed by atoms with Gasteiger partial charge in [0, 0.05) is 37.0 Å². The molecule has 1 aromatic heterocycles. The fourth-order valence-corrected chi connectivity index (χ4v) is 3.24. The number of aliphatic hydroxyl groups excluding tert-OH is 1. The average molecular weight is 637 g/mol. The maximum Gasteiger partial charge on any atom is 0.164 e. The van der Waals surface area contributed by atoms with E-state index in [9.17, 15) is 9.90 Å². The Bertz CT molecular complexity index is 1170. The predicted octanol–water partition coefficient (Wildman–Crippen LogP) is 8.02. The number of aryl methyl sites for hydroxylation is 4. The standard InChI is InChI=1S/C19H18N.C11H20O2.Ir/c1-12-5-6-16-11-15(4)19(20-18(16)10-12)17-8-13(2)7-14(3)9-17;1-10(2,3)8(12)7-9(13)11(4,5)6;/h5-8,10-11H,1-4H3;7,12H,1-6H3;/q-1;;/b;8-7-;. The van der Waals surface area contributed by atoms with Gasteiger partial charge in [-0.1, -0.05) is 79.2 Å². The van der Waals surface area contributed by atoms with Crippen molar-refractivity contribution < 1.29 is 30.0 Å². The van der Waals surface area contributed by atoms with Gasteiger partial charge in [0.1, 0.15) is 5.76 Å². The number of ketones is 1. The number of pyridine rings is 1. The molecule has 0 aliphatic heterocycles. The molecular weight excluding hydrogens is 599 g/mol. The van der Waals surface area contributed by atoms with Gasteiger partial charge in [-0.05, 0) is 36.6 Å². The number of aliphatic hydroxyl groups is 1. The van der Waals surface area contributed by atoms with Crippen molar-refractivity contribution in [3.05, 3.63) is 76.6 Å². The van der Waals surface area contributed by atoms with Crippen molar-refractivity contribution in [3.63, 3.8) is 0 Å². The fourth-order valence-electron chi connectivity index (χ4n) is 3.24. The molecule has 0 fully saturated rings. The number of rotatable bonds is 2. The number of fused-ring (bicyclic) bond motifs is 1. The SMILES string of the molecule is CC(C)(C)C(=O)/C=C(\O)C(C)(C)C.Cc1[c-]c(-c2nc3cc(C)ccc3cc2C)cc(C)c1.[Ir]. The topological polar surface area (TPSA) is 50.2 Å². The predicted molar refractivity (Wildman–Crippen MR) is 140 cm³/mol. The Labute approximate surface area is 219 Å². The number of aromatic nitrogens is 1. The first kappa shape index (κ1) is 29.7. The summed E-state index contributed by atoms with van der Waals surface area (Å²) < 4.78 is 0. The van der Waals surface area contributed by atoms with Crippen LogP contribution in [0.15, 0.2) is 48.2 Å². The molecule has 4 heteroatoms. The quantitative estimate of drug-likeness (QED) is 0.176. The van der Waals surface area contributed by atoms with Gasteiger partial charge < -0.3 is 5.11 Å². The summed E-state index contributed by atoms with van der Waals surface area (Å²) in [5.74, 6) is 0.104. The molecule has 1 heterocycles. The van der Waals surface area contributed by atoms with Crippen LogP contribution in [0.3, 0.4) is 0 Å². The summed E-state index contributed by atoms with van der Waals surface area (Å²) in [4.78, 5) is 16.3. The van der Waals surface area contributed by atoms with Gasteiger partial charge >= 0.3 is 0 Å². The van der Waals surface area contributed by atoms with Crippen molar-refractivity contribution in [3.8, 4) is 11.3 Å². The number of carbonyl (C=O) groups is 1. The Morgan fingerprint density at radius 2 is 1.50 bits per heavy atom. The molecule has 0 spiro atoms. The van der Waals surface area contributed by atoms with Gasteiger partial charge in [0.2, 0.25) is 0 Å². The third-order valence-electron chi connectivity index (χ3n) is 5.34. The van der Waals surface area contributed by atoms with E-state index in [1.807, 2.05) is 41.5 Å². The van der Waals surface area contributed by atoms with E-state index in [1.54, 1.807) is 0 Å². The van der Waals surface area contributed by atoms with Crippen molar-refractivity contribution in [1.29, 1.82) is 0 Å². The third-order valence-corrected chi connectivity index (χ3v) is 5.34. The molecule has 0 bridgehead atoms. The summed E-state index contributed by atoms with van der Waals surface area (Å²) in [5.41, 5.74) is 7.26. The molecule has 1 N–H and O–H groups in total. The van der Waals surface area contributed by atoms with Gasteiger partial charge in [0.15, 0.2) is 5.78 Å². The van der Waals surface area contributed by atoms with Crippen LogP contribution in [0.1, 0.15) is 63.8 Å². The minimum absolute atomic E-state index is 0. The zero-order chi connectivity index (χ0) is 25.1. The van der Waals surface area contributed by atoms with Crippen LogP contribution >= 0.6 is 0 Å². The molecule has 0 aliphatic rings. The number of hydrogen-bond acceptors (Lipinski definition) is 3. The van der Waals surface area contributed by atoms with E-state index >= 15 is 0 Å². The summed E-state index contributed by atoms with van der Waals surface area (Å²) in [6, 6.07) is 16.3. The maximum atomic E-state index is 11.5. The molecule has 1 radical (unpaired) electrons. The van der Waals surface area contributed by atoms with Gasteiger partial charge in [-0.15, -0.1) is 34.9 Å². The molecule has 34 heavy (non-hydrogen) atoms. The van der Waals surface area contributed by atoms with E-state index in [0.29, 0.717) is 0 Å². The van der Waals surface area contributed by atoms with Crippen LogP contribution in [0.4, 0.5) is 0 Å². The smallest absolute Gasteiger partial charge is 0.164 e. The van der Waals surface area contributed by atoms with Gasteiger partial charge in [0.25, 0.3) is 0 Å². The first-order valence-electron chi connectivity index (χ1n) is 11.4. The Morgan fingerprint density at radius 1 is 0.882 bits per heavy atom. The summed E-state index contributed by atoms with van der Waals surface area (Å²) in [5, 5.41) is 10.8. The molecule has 0 saturated heterocycles. The van der Waals surface area contributed by atoms with E-state index in [1.165, 1.54) is 28.2 Å². The summed E-state index contributed by atoms with van der Waals surface area (Å²) in [7, 11) is 0. The molecular formula is C30H38IrNO2-. The second-order valence-electron chi connectivity index (χ2n) is 11.0. The van der Waals surface area contributed by atoms with Crippen LogP contribution in [0.5, 0.6) is 0 Å². The van der Waals surface area contributed by atoms with Crippen LogP contribution < -0.4 is 0 Å². The van der Waals surface area contributed by atoms with E-state index in [4.69, 9.17) is 4.98 Å².